The van der Waals surface area contributed by atoms with Crippen LogP contribution in [0, 0.1) is 5.82 Å². The van der Waals surface area contributed by atoms with E-state index in [1.807, 2.05) is 61.5 Å². The summed E-state index contributed by atoms with van der Waals surface area (Å²) in [7, 11) is 3.82. The summed E-state index contributed by atoms with van der Waals surface area (Å²) < 4.78 is 13.7. The molecule has 5 nitrogen and oxygen atoms in total. The van der Waals surface area contributed by atoms with Gasteiger partial charge in [-0.25, -0.2) is 9.37 Å². The topological polar surface area (TPSA) is 58.1 Å². The fourth-order valence-electron chi connectivity index (χ4n) is 3.63. The van der Waals surface area contributed by atoms with E-state index in [0.29, 0.717) is 17.8 Å². The predicted molar refractivity (Wildman–Crippen MR) is 120 cm³/mol. The molecule has 2 aromatic heterocycles. The first-order chi connectivity index (χ1) is 15.0. The van der Waals surface area contributed by atoms with Crippen molar-refractivity contribution in [3.63, 3.8) is 0 Å². The van der Waals surface area contributed by atoms with Crippen LogP contribution in [0.15, 0.2) is 79.1 Å². The largest absolute Gasteiger partial charge is 0.350 e. The molecule has 0 aliphatic rings. The number of fused-ring (bicyclic) bond motifs is 1. The Morgan fingerprint density at radius 1 is 1.03 bits per heavy atom. The van der Waals surface area contributed by atoms with Gasteiger partial charge in [-0.2, -0.15) is 0 Å². The molecule has 2 aromatic carbocycles. The molecule has 2 heterocycles. The number of hydrogen-bond acceptors (Lipinski definition) is 4. The van der Waals surface area contributed by atoms with Crippen LogP contribution in [0.5, 0.6) is 0 Å². The third-order valence-corrected chi connectivity index (χ3v) is 5.25. The molecule has 0 radical (unpaired) electrons. The molecule has 0 unspecified atom stereocenters. The highest BCUT2D eigenvalue weighted by atomic mass is 19.1. The highest BCUT2D eigenvalue weighted by Gasteiger charge is 2.18. The van der Waals surface area contributed by atoms with Crippen molar-refractivity contribution in [3.8, 4) is 11.3 Å². The number of carbonyl (C=O) groups is 1. The summed E-state index contributed by atoms with van der Waals surface area (Å²) in [4.78, 5) is 23.9. The quantitative estimate of drug-likeness (QED) is 0.506. The fourth-order valence-corrected chi connectivity index (χ4v) is 3.63. The third kappa shape index (κ3) is 4.59. The molecule has 0 aliphatic heterocycles. The van der Waals surface area contributed by atoms with E-state index >= 15 is 0 Å². The minimum atomic E-state index is -0.294. The second-order valence-corrected chi connectivity index (χ2v) is 7.55. The van der Waals surface area contributed by atoms with Gasteiger partial charge in [-0.05, 0) is 56.1 Å². The van der Waals surface area contributed by atoms with E-state index in [9.17, 15) is 9.18 Å². The molecule has 0 fully saturated rings. The second-order valence-electron chi connectivity index (χ2n) is 7.55. The van der Waals surface area contributed by atoms with Crippen LogP contribution in [0.4, 0.5) is 4.39 Å². The number of nitrogens with one attached hydrogen (secondary N) is 1. The monoisotopic (exact) mass is 414 g/mol. The maximum absolute atomic E-state index is 13.7. The summed E-state index contributed by atoms with van der Waals surface area (Å²) in [6, 6.07) is 19.4. The number of pyridine rings is 2. The van der Waals surface area contributed by atoms with E-state index in [0.717, 1.165) is 22.0 Å². The summed E-state index contributed by atoms with van der Waals surface area (Å²) in [5, 5.41) is 3.81. The first-order valence-electron chi connectivity index (χ1n) is 10.0. The lowest BCUT2D eigenvalue weighted by atomic mass is 10.0. The number of likely N-dealkylation sites (N-methyl/N-ethyl adjacent to an activating group) is 1. The van der Waals surface area contributed by atoms with E-state index in [2.05, 4.69) is 10.3 Å². The van der Waals surface area contributed by atoms with Crippen LogP contribution in [0.2, 0.25) is 0 Å². The number of benzene rings is 2. The number of halogens is 1. The van der Waals surface area contributed by atoms with Crippen LogP contribution < -0.4 is 5.32 Å². The summed E-state index contributed by atoms with van der Waals surface area (Å²) in [6.07, 6.45) is 3.40. The SMILES string of the molecule is CN(C)[C@H](CNC(=O)c1cc(-c2ccncc2)nc2ccccc12)c1cccc(F)c1. The number of nitrogens with zero attached hydrogens (tertiary/aromatic N) is 3. The van der Waals surface area contributed by atoms with Gasteiger partial charge in [0.2, 0.25) is 0 Å². The average molecular weight is 414 g/mol. The summed E-state index contributed by atoms with van der Waals surface area (Å²) in [5.74, 6) is -0.491. The molecule has 4 rings (SSSR count). The Labute approximate surface area is 180 Å². The van der Waals surface area contributed by atoms with Gasteiger partial charge in [0.1, 0.15) is 5.82 Å². The van der Waals surface area contributed by atoms with Gasteiger partial charge in [-0.3, -0.25) is 9.78 Å². The van der Waals surface area contributed by atoms with E-state index in [-0.39, 0.29) is 17.8 Å². The zero-order valence-corrected chi connectivity index (χ0v) is 17.4. The zero-order chi connectivity index (χ0) is 21.8. The van der Waals surface area contributed by atoms with Gasteiger partial charge >= 0.3 is 0 Å². The number of hydrogen-bond donors (Lipinski definition) is 1. The average Bonchev–Trinajstić information content (AvgIpc) is 2.79. The molecular formula is C25H23FN4O. The van der Waals surface area contributed by atoms with E-state index in [1.54, 1.807) is 24.5 Å². The normalized spacial score (nSPS) is 12.1. The number of carbonyl (C=O) groups excluding carboxylic acids is 1. The van der Waals surface area contributed by atoms with E-state index in [1.165, 1.54) is 12.1 Å². The van der Waals surface area contributed by atoms with Gasteiger partial charge in [-0.1, -0.05) is 30.3 Å². The number of rotatable bonds is 6. The van der Waals surface area contributed by atoms with Gasteiger partial charge < -0.3 is 10.2 Å². The van der Waals surface area contributed by atoms with Crippen molar-refractivity contribution >= 4 is 16.8 Å². The Morgan fingerprint density at radius 2 is 1.81 bits per heavy atom. The second kappa shape index (κ2) is 9.02. The first-order valence-corrected chi connectivity index (χ1v) is 10.0. The van der Waals surface area contributed by atoms with Gasteiger partial charge in [0, 0.05) is 29.9 Å². The standard InChI is InChI=1S/C25H23FN4O/c1-30(2)24(18-6-5-7-19(26)14-18)16-28-25(31)21-15-23(17-10-12-27-13-11-17)29-22-9-4-3-8-20(21)22/h3-15,24H,16H2,1-2H3,(H,28,31)/t24-/m1/s1. The Hall–Kier alpha value is -3.64. The molecule has 0 saturated carbocycles. The van der Waals surface area contributed by atoms with Crippen molar-refractivity contribution in [2.75, 3.05) is 20.6 Å². The van der Waals surface area contributed by atoms with Crippen LogP contribution in [-0.4, -0.2) is 41.4 Å². The van der Waals surface area contributed by atoms with Crippen LogP contribution in [0.3, 0.4) is 0 Å². The lowest BCUT2D eigenvalue weighted by Crippen LogP contribution is -2.34. The van der Waals surface area contributed by atoms with Crippen LogP contribution in [-0.2, 0) is 0 Å². The van der Waals surface area contributed by atoms with Crippen LogP contribution in [0.1, 0.15) is 22.0 Å². The van der Waals surface area contributed by atoms with Crippen molar-refractivity contribution in [1.82, 2.24) is 20.2 Å². The van der Waals surface area contributed by atoms with Crippen molar-refractivity contribution in [1.29, 1.82) is 0 Å². The summed E-state index contributed by atoms with van der Waals surface area (Å²) in [5.41, 5.74) is 3.70. The third-order valence-electron chi connectivity index (χ3n) is 5.25. The molecule has 1 N–H and O–H groups in total. The number of para-hydroxylation sites is 1. The van der Waals surface area contributed by atoms with Crippen LogP contribution >= 0.6 is 0 Å². The van der Waals surface area contributed by atoms with Crippen molar-refractivity contribution in [2.45, 2.75) is 6.04 Å². The molecule has 31 heavy (non-hydrogen) atoms. The lowest BCUT2D eigenvalue weighted by Gasteiger charge is -2.25. The minimum absolute atomic E-state index is 0.160. The van der Waals surface area contributed by atoms with Crippen molar-refractivity contribution in [3.05, 3.63) is 96.1 Å². The Bertz CT molecular complexity index is 1210. The molecular weight excluding hydrogens is 391 g/mol. The van der Waals surface area contributed by atoms with Crippen molar-refractivity contribution < 1.29 is 9.18 Å². The van der Waals surface area contributed by atoms with Crippen LogP contribution in [0.25, 0.3) is 22.2 Å². The molecule has 1 atom stereocenters. The molecule has 0 saturated heterocycles. The maximum Gasteiger partial charge on any atom is 0.252 e. The van der Waals surface area contributed by atoms with E-state index < -0.39 is 0 Å². The predicted octanol–water partition coefficient (Wildman–Crippen LogP) is 4.47. The maximum atomic E-state index is 13.7. The minimum Gasteiger partial charge on any atom is -0.350 e. The lowest BCUT2D eigenvalue weighted by molar-refractivity contribution is 0.0943. The molecule has 4 aromatic rings. The molecule has 6 heteroatoms. The highest BCUT2D eigenvalue weighted by molar-refractivity contribution is 6.07. The molecule has 1 amide bonds. The molecule has 0 aliphatic carbocycles. The summed E-state index contributed by atoms with van der Waals surface area (Å²) >= 11 is 0. The van der Waals surface area contributed by atoms with E-state index in [4.69, 9.17) is 4.98 Å². The molecule has 0 spiro atoms. The Balaban J connectivity index is 1.65. The highest BCUT2D eigenvalue weighted by Crippen LogP contribution is 2.25. The molecule has 0 bridgehead atoms. The van der Waals surface area contributed by atoms with Gasteiger partial charge in [0.25, 0.3) is 5.91 Å². The number of aromatic nitrogens is 2. The Morgan fingerprint density at radius 3 is 2.55 bits per heavy atom. The van der Waals surface area contributed by atoms with Gasteiger partial charge in [0.15, 0.2) is 0 Å². The van der Waals surface area contributed by atoms with Crippen molar-refractivity contribution in [2.24, 2.45) is 0 Å². The smallest absolute Gasteiger partial charge is 0.252 e. The Kier molecular flexibility index (Phi) is 6.00. The number of amides is 1. The van der Waals surface area contributed by atoms with Gasteiger partial charge in [0.05, 0.1) is 22.8 Å². The zero-order valence-electron chi connectivity index (χ0n) is 17.4. The molecule has 156 valence electrons. The first kappa shape index (κ1) is 20.6. The summed E-state index contributed by atoms with van der Waals surface area (Å²) in [6.45, 7) is 0.344. The van der Waals surface area contributed by atoms with Gasteiger partial charge in [-0.15, -0.1) is 0 Å². The fraction of sp³-hybridized carbons (Fsp3) is 0.160.